The van der Waals surface area contributed by atoms with Crippen LogP contribution in [0.2, 0.25) is 5.15 Å². The Hall–Kier alpha value is -0.610. The van der Waals surface area contributed by atoms with Crippen LogP contribution in [0.3, 0.4) is 0 Å². The number of aromatic nitrogens is 1. The van der Waals surface area contributed by atoms with Gasteiger partial charge in [-0.25, -0.2) is 4.98 Å². The van der Waals surface area contributed by atoms with E-state index >= 15 is 0 Å². The first-order valence-corrected chi connectivity index (χ1v) is 8.67. The zero-order valence-electron chi connectivity index (χ0n) is 12.7. The van der Waals surface area contributed by atoms with Crippen molar-refractivity contribution in [2.24, 2.45) is 17.8 Å². The van der Waals surface area contributed by atoms with Gasteiger partial charge >= 0.3 is 0 Å². The first-order valence-electron chi connectivity index (χ1n) is 7.50. The normalized spacial score (nSPS) is 25.9. The van der Waals surface area contributed by atoms with Crippen molar-refractivity contribution in [2.75, 3.05) is 0 Å². The van der Waals surface area contributed by atoms with Gasteiger partial charge in [-0.05, 0) is 52.6 Å². The Labute approximate surface area is 140 Å². The minimum Gasteiger partial charge on any atom is -0.349 e. The maximum absolute atomic E-state index is 12.5. The molecule has 1 aliphatic carbocycles. The van der Waals surface area contributed by atoms with Gasteiger partial charge in [0.2, 0.25) is 0 Å². The summed E-state index contributed by atoms with van der Waals surface area (Å²) in [5, 5.41) is 3.43. The van der Waals surface area contributed by atoms with Gasteiger partial charge in [-0.1, -0.05) is 38.8 Å². The molecule has 1 saturated carbocycles. The second-order valence-corrected chi connectivity index (χ2v) is 7.67. The standard InChI is InChI=1S/C16H22BrClN2O/c1-9(2)12-5-4-10(3)6-14(12)20-16(21)13-7-11(17)8-19-15(13)18/h7-10,12,14H,4-6H2,1-3H3,(H,20,21). The van der Waals surface area contributed by atoms with E-state index in [-0.39, 0.29) is 17.1 Å². The van der Waals surface area contributed by atoms with Crippen molar-refractivity contribution < 1.29 is 4.79 Å². The predicted octanol–water partition coefficient (Wildman–Crippen LogP) is 4.69. The Morgan fingerprint density at radius 2 is 2.19 bits per heavy atom. The average molecular weight is 374 g/mol. The molecule has 5 heteroatoms. The number of rotatable bonds is 3. The number of pyridine rings is 1. The molecule has 0 aliphatic heterocycles. The minimum atomic E-state index is -0.126. The van der Waals surface area contributed by atoms with Crippen molar-refractivity contribution in [3.05, 3.63) is 27.5 Å². The van der Waals surface area contributed by atoms with Crippen LogP contribution in [0.25, 0.3) is 0 Å². The number of hydrogen-bond donors (Lipinski definition) is 1. The molecule has 2 rings (SSSR count). The molecule has 1 aliphatic rings. The summed E-state index contributed by atoms with van der Waals surface area (Å²) in [5.74, 6) is 1.63. The highest BCUT2D eigenvalue weighted by molar-refractivity contribution is 9.10. The molecule has 0 spiro atoms. The number of carbonyl (C=O) groups is 1. The van der Waals surface area contributed by atoms with E-state index in [4.69, 9.17) is 11.6 Å². The van der Waals surface area contributed by atoms with Crippen LogP contribution < -0.4 is 5.32 Å². The molecule has 116 valence electrons. The van der Waals surface area contributed by atoms with Gasteiger partial charge in [0.15, 0.2) is 0 Å². The molecule has 0 saturated heterocycles. The van der Waals surface area contributed by atoms with Gasteiger partial charge in [0, 0.05) is 16.7 Å². The number of halogens is 2. The maximum atomic E-state index is 12.5. The van der Waals surface area contributed by atoms with Crippen molar-refractivity contribution in [3.8, 4) is 0 Å². The molecule has 1 aromatic rings. The van der Waals surface area contributed by atoms with Gasteiger partial charge in [0.1, 0.15) is 5.15 Å². The Bertz CT molecular complexity index is 521. The summed E-state index contributed by atoms with van der Waals surface area (Å²) >= 11 is 9.38. The van der Waals surface area contributed by atoms with E-state index in [1.165, 1.54) is 12.8 Å². The summed E-state index contributed by atoms with van der Waals surface area (Å²) in [6.45, 7) is 6.71. The largest absolute Gasteiger partial charge is 0.349 e. The van der Waals surface area contributed by atoms with Gasteiger partial charge in [0.25, 0.3) is 5.91 Å². The number of nitrogens with one attached hydrogen (secondary N) is 1. The van der Waals surface area contributed by atoms with E-state index in [1.807, 2.05) is 0 Å². The lowest BCUT2D eigenvalue weighted by molar-refractivity contribution is 0.0867. The average Bonchev–Trinajstić information content (AvgIpc) is 2.41. The fourth-order valence-electron chi connectivity index (χ4n) is 3.20. The first kappa shape index (κ1) is 16.8. The summed E-state index contributed by atoms with van der Waals surface area (Å²) in [4.78, 5) is 16.5. The van der Waals surface area contributed by atoms with Crippen LogP contribution in [0, 0.1) is 17.8 Å². The van der Waals surface area contributed by atoms with Gasteiger partial charge in [-0.15, -0.1) is 0 Å². The SMILES string of the molecule is CC1CCC(C(C)C)C(NC(=O)c2cc(Br)cnc2Cl)C1. The van der Waals surface area contributed by atoms with Crippen LogP contribution in [-0.2, 0) is 0 Å². The van der Waals surface area contributed by atoms with Gasteiger partial charge < -0.3 is 5.32 Å². The lowest BCUT2D eigenvalue weighted by atomic mass is 9.74. The summed E-state index contributed by atoms with van der Waals surface area (Å²) < 4.78 is 0.759. The summed E-state index contributed by atoms with van der Waals surface area (Å²) in [7, 11) is 0. The fraction of sp³-hybridized carbons (Fsp3) is 0.625. The topological polar surface area (TPSA) is 42.0 Å². The maximum Gasteiger partial charge on any atom is 0.254 e. The van der Waals surface area contributed by atoms with Crippen LogP contribution in [0.4, 0.5) is 0 Å². The third kappa shape index (κ3) is 4.19. The Kier molecular flexibility index (Phi) is 5.67. The van der Waals surface area contributed by atoms with Crippen molar-refractivity contribution in [3.63, 3.8) is 0 Å². The summed E-state index contributed by atoms with van der Waals surface area (Å²) in [6, 6.07) is 1.94. The Morgan fingerprint density at radius 3 is 2.86 bits per heavy atom. The molecule has 1 heterocycles. The molecule has 0 radical (unpaired) electrons. The predicted molar refractivity (Wildman–Crippen MR) is 89.5 cm³/mol. The van der Waals surface area contributed by atoms with E-state index in [9.17, 15) is 4.79 Å². The van der Waals surface area contributed by atoms with Crippen LogP contribution in [0.5, 0.6) is 0 Å². The molecular weight excluding hydrogens is 352 g/mol. The fourth-order valence-corrected chi connectivity index (χ4v) is 3.72. The third-order valence-electron chi connectivity index (χ3n) is 4.39. The Balaban J connectivity index is 2.14. The number of hydrogen-bond acceptors (Lipinski definition) is 2. The first-order chi connectivity index (χ1) is 9.88. The zero-order chi connectivity index (χ0) is 15.6. The van der Waals surface area contributed by atoms with Gasteiger partial charge in [-0.3, -0.25) is 4.79 Å². The van der Waals surface area contributed by atoms with Crippen molar-refractivity contribution in [1.29, 1.82) is 0 Å². The summed E-state index contributed by atoms with van der Waals surface area (Å²) in [5.41, 5.74) is 0.437. The lowest BCUT2D eigenvalue weighted by Gasteiger charge is -2.37. The molecule has 1 N–H and O–H groups in total. The molecular formula is C16H22BrClN2O. The van der Waals surface area contributed by atoms with E-state index < -0.39 is 0 Å². The second kappa shape index (κ2) is 7.10. The summed E-state index contributed by atoms with van der Waals surface area (Å²) in [6.07, 6.45) is 5.05. The molecule has 3 unspecified atom stereocenters. The van der Waals surface area contributed by atoms with Gasteiger partial charge in [0.05, 0.1) is 5.56 Å². The molecule has 1 fully saturated rings. The van der Waals surface area contributed by atoms with E-state index in [1.54, 1.807) is 12.3 Å². The van der Waals surface area contributed by atoms with E-state index in [2.05, 4.69) is 47.0 Å². The monoisotopic (exact) mass is 372 g/mol. The van der Waals surface area contributed by atoms with Crippen LogP contribution >= 0.6 is 27.5 Å². The Morgan fingerprint density at radius 1 is 1.48 bits per heavy atom. The smallest absolute Gasteiger partial charge is 0.254 e. The molecule has 21 heavy (non-hydrogen) atoms. The van der Waals surface area contributed by atoms with Crippen molar-refractivity contribution >= 4 is 33.4 Å². The number of nitrogens with zero attached hydrogens (tertiary/aromatic N) is 1. The van der Waals surface area contributed by atoms with Crippen LogP contribution in [0.15, 0.2) is 16.7 Å². The van der Waals surface area contributed by atoms with E-state index in [0.717, 1.165) is 10.9 Å². The highest BCUT2D eigenvalue weighted by Gasteiger charge is 2.32. The molecule has 3 atom stereocenters. The van der Waals surface area contributed by atoms with Crippen molar-refractivity contribution in [2.45, 2.75) is 46.1 Å². The number of amides is 1. The zero-order valence-corrected chi connectivity index (χ0v) is 15.0. The van der Waals surface area contributed by atoms with E-state index in [0.29, 0.717) is 23.3 Å². The highest BCUT2D eigenvalue weighted by Crippen LogP contribution is 2.33. The molecule has 1 aromatic heterocycles. The molecule has 3 nitrogen and oxygen atoms in total. The van der Waals surface area contributed by atoms with Crippen LogP contribution in [0.1, 0.15) is 50.4 Å². The van der Waals surface area contributed by atoms with Gasteiger partial charge in [-0.2, -0.15) is 0 Å². The van der Waals surface area contributed by atoms with Crippen LogP contribution in [-0.4, -0.2) is 16.9 Å². The molecule has 0 bridgehead atoms. The second-order valence-electron chi connectivity index (χ2n) is 6.40. The molecule has 0 aromatic carbocycles. The molecule has 1 amide bonds. The lowest BCUT2D eigenvalue weighted by Crippen LogP contribution is -2.45. The highest BCUT2D eigenvalue weighted by atomic mass is 79.9. The van der Waals surface area contributed by atoms with Crippen molar-refractivity contribution in [1.82, 2.24) is 10.3 Å². The minimum absolute atomic E-state index is 0.126. The quantitative estimate of drug-likeness (QED) is 0.781. The third-order valence-corrected chi connectivity index (χ3v) is 5.12. The number of carbonyl (C=O) groups excluding carboxylic acids is 1.